The second-order valence-corrected chi connectivity index (χ2v) is 5.79. The fourth-order valence-corrected chi connectivity index (χ4v) is 1.84. The Bertz CT molecular complexity index is 535. The molecule has 0 aliphatic carbocycles. The Labute approximate surface area is 141 Å². The van der Waals surface area contributed by atoms with Crippen molar-refractivity contribution >= 4 is 23.5 Å². The lowest BCUT2D eigenvalue weighted by Crippen LogP contribution is -2.51. The summed E-state index contributed by atoms with van der Waals surface area (Å²) >= 11 is 5.84. The zero-order valence-corrected chi connectivity index (χ0v) is 14.4. The molecule has 1 aromatic carbocycles. The van der Waals surface area contributed by atoms with E-state index < -0.39 is 11.5 Å². The highest BCUT2D eigenvalue weighted by molar-refractivity contribution is 6.30. The first-order valence-corrected chi connectivity index (χ1v) is 7.80. The molecule has 0 aromatic heterocycles. The quantitative estimate of drug-likeness (QED) is 0.528. The van der Waals surface area contributed by atoms with Crippen molar-refractivity contribution in [1.29, 1.82) is 0 Å². The Morgan fingerprint density at radius 2 is 2.04 bits per heavy atom. The minimum absolute atomic E-state index is 0.0168. The van der Waals surface area contributed by atoms with E-state index in [2.05, 4.69) is 10.6 Å². The van der Waals surface area contributed by atoms with Crippen molar-refractivity contribution in [2.75, 3.05) is 26.3 Å². The van der Waals surface area contributed by atoms with Gasteiger partial charge in [-0.3, -0.25) is 14.9 Å². The third-order valence-corrected chi connectivity index (χ3v) is 3.20. The maximum atomic E-state index is 11.7. The molecule has 23 heavy (non-hydrogen) atoms. The lowest BCUT2D eigenvalue weighted by Gasteiger charge is -2.23. The molecule has 0 aliphatic rings. The zero-order valence-electron chi connectivity index (χ0n) is 13.6. The number of carbonyl (C=O) groups excluding carboxylic acids is 2. The lowest BCUT2D eigenvalue weighted by atomic mass is 10.1. The highest BCUT2D eigenvalue weighted by Crippen LogP contribution is 2.16. The second-order valence-electron chi connectivity index (χ2n) is 5.35. The Hall–Kier alpha value is -1.79. The standard InChI is InChI=1S/C16H23ClN2O4/c1-4-22-15(21)16(2,3)19-11-14(20)18-8-9-23-13-7-5-6-12(17)10-13/h5-7,10,19H,4,8-9,11H2,1-3H3,(H,18,20). The van der Waals surface area contributed by atoms with E-state index in [1.165, 1.54) is 0 Å². The summed E-state index contributed by atoms with van der Waals surface area (Å²) in [6, 6.07) is 7.04. The molecule has 0 heterocycles. The molecule has 0 unspecified atom stereocenters. The molecule has 7 heteroatoms. The summed E-state index contributed by atoms with van der Waals surface area (Å²) in [6.45, 7) is 6.07. The molecule has 0 spiro atoms. The molecule has 0 atom stereocenters. The normalized spacial score (nSPS) is 11.0. The lowest BCUT2D eigenvalue weighted by molar-refractivity contribution is -0.149. The van der Waals surface area contributed by atoms with Gasteiger partial charge in [-0.2, -0.15) is 0 Å². The minimum Gasteiger partial charge on any atom is -0.492 e. The molecule has 1 rings (SSSR count). The van der Waals surface area contributed by atoms with Crippen LogP contribution in [-0.2, 0) is 14.3 Å². The van der Waals surface area contributed by atoms with Crippen LogP contribution in [0.3, 0.4) is 0 Å². The Balaban J connectivity index is 2.23. The third kappa shape index (κ3) is 7.34. The summed E-state index contributed by atoms with van der Waals surface area (Å²) in [5.74, 6) is 0.0301. The Kier molecular flexibility index (Phi) is 7.85. The second kappa shape index (κ2) is 9.37. The molecule has 0 aliphatic heterocycles. The predicted molar refractivity (Wildman–Crippen MR) is 88.7 cm³/mol. The highest BCUT2D eigenvalue weighted by Gasteiger charge is 2.28. The number of amides is 1. The average molecular weight is 343 g/mol. The molecule has 0 radical (unpaired) electrons. The number of esters is 1. The van der Waals surface area contributed by atoms with Gasteiger partial charge in [0.15, 0.2) is 0 Å². The van der Waals surface area contributed by atoms with Gasteiger partial charge in [-0.25, -0.2) is 0 Å². The van der Waals surface area contributed by atoms with Gasteiger partial charge in [-0.15, -0.1) is 0 Å². The number of rotatable bonds is 9. The van der Waals surface area contributed by atoms with E-state index in [4.69, 9.17) is 21.1 Å². The van der Waals surface area contributed by atoms with Crippen LogP contribution in [0.15, 0.2) is 24.3 Å². The molecule has 0 bridgehead atoms. The van der Waals surface area contributed by atoms with E-state index in [9.17, 15) is 9.59 Å². The van der Waals surface area contributed by atoms with E-state index in [1.54, 1.807) is 45.0 Å². The molecule has 6 nitrogen and oxygen atoms in total. The first kappa shape index (κ1) is 19.3. The van der Waals surface area contributed by atoms with Gasteiger partial charge in [0.1, 0.15) is 17.9 Å². The molecule has 128 valence electrons. The van der Waals surface area contributed by atoms with Crippen molar-refractivity contribution < 1.29 is 19.1 Å². The van der Waals surface area contributed by atoms with Crippen LogP contribution in [0.25, 0.3) is 0 Å². The fourth-order valence-electron chi connectivity index (χ4n) is 1.66. The topological polar surface area (TPSA) is 76.7 Å². The highest BCUT2D eigenvalue weighted by atomic mass is 35.5. The molecular formula is C16H23ClN2O4. The summed E-state index contributed by atoms with van der Waals surface area (Å²) in [7, 11) is 0. The van der Waals surface area contributed by atoms with Crippen LogP contribution in [0.4, 0.5) is 0 Å². The Morgan fingerprint density at radius 3 is 2.70 bits per heavy atom. The average Bonchev–Trinajstić information content (AvgIpc) is 2.50. The Morgan fingerprint density at radius 1 is 1.30 bits per heavy atom. The number of ether oxygens (including phenoxy) is 2. The summed E-state index contributed by atoms with van der Waals surface area (Å²) < 4.78 is 10.4. The number of carbonyl (C=O) groups is 2. The van der Waals surface area contributed by atoms with Crippen LogP contribution in [0.5, 0.6) is 5.75 Å². The SMILES string of the molecule is CCOC(=O)C(C)(C)NCC(=O)NCCOc1cccc(Cl)c1. The fraction of sp³-hybridized carbons (Fsp3) is 0.500. The largest absolute Gasteiger partial charge is 0.492 e. The van der Waals surface area contributed by atoms with Gasteiger partial charge >= 0.3 is 5.97 Å². The summed E-state index contributed by atoms with van der Waals surface area (Å²) in [6.07, 6.45) is 0. The van der Waals surface area contributed by atoms with Crippen LogP contribution in [0.2, 0.25) is 5.02 Å². The van der Waals surface area contributed by atoms with Gasteiger partial charge in [-0.05, 0) is 39.0 Å². The molecule has 2 N–H and O–H groups in total. The number of hydrogen-bond donors (Lipinski definition) is 2. The van der Waals surface area contributed by atoms with Crippen molar-refractivity contribution in [3.05, 3.63) is 29.3 Å². The molecule has 0 saturated carbocycles. The van der Waals surface area contributed by atoms with Gasteiger partial charge < -0.3 is 14.8 Å². The number of halogens is 1. The van der Waals surface area contributed by atoms with Crippen LogP contribution in [-0.4, -0.2) is 43.7 Å². The summed E-state index contributed by atoms with van der Waals surface area (Å²) in [5, 5.41) is 6.16. The van der Waals surface area contributed by atoms with E-state index in [0.29, 0.717) is 30.5 Å². The molecule has 0 saturated heterocycles. The van der Waals surface area contributed by atoms with Crippen molar-refractivity contribution in [2.24, 2.45) is 0 Å². The number of nitrogens with one attached hydrogen (secondary N) is 2. The number of hydrogen-bond acceptors (Lipinski definition) is 5. The van der Waals surface area contributed by atoms with Crippen LogP contribution < -0.4 is 15.4 Å². The van der Waals surface area contributed by atoms with E-state index in [1.807, 2.05) is 0 Å². The molecule has 1 amide bonds. The van der Waals surface area contributed by atoms with Gasteiger partial charge in [0.2, 0.25) is 5.91 Å². The van der Waals surface area contributed by atoms with E-state index >= 15 is 0 Å². The van der Waals surface area contributed by atoms with Crippen LogP contribution >= 0.6 is 11.6 Å². The van der Waals surface area contributed by atoms with Gasteiger partial charge in [0.05, 0.1) is 19.7 Å². The van der Waals surface area contributed by atoms with Gasteiger partial charge in [0.25, 0.3) is 0 Å². The predicted octanol–water partition coefficient (Wildman–Crippen LogP) is 1.77. The molecule has 1 aromatic rings. The van der Waals surface area contributed by atoms with Crippen molar-refractivity contribution in [2.45, 2.75) is 26.3 Å². The van der Waals surface area contributed by atoms with Crippen molar-refractivity contribution in [3.8, 4) is 5.75 Å². The molecule has 0 fully saturated rings. The minimum atomic E-state index is -0.912. The van der Waals surface area contributed by atoms with Crippen LogP contribution in [0.1, 0.15) is 20.8 Å². The zero-order chi connectivity index (χ0) is 17.3. The van der Waals surface area contributed by atoms with Crippen LogP contribution in [0, 0.1) is 0 Å². The number of benzene rings is 1. The van der Waals surface area contributed by atoms with Crippen molar-refractivity contribution in [1.82, 2.24) is 10.6 Å². The maximum Gasteiger partial charge on any atom is 0.325 e. The van der Waals surface area contributed by atoms with Gasteiger partial charge in [0, 0.05) is 5.02 Å². The van der Waals surface area contributed by atoms with Gasteiger partial charge in [-0.1, -0.05) is 17.7 Å². The first-order chi connectivity index (χ1) is 10.8. The first-order valence-electron chi connectivity index (χ1n) is 7.42. The summed E-state index contributed by atoms with van der Waals surface area (Å²) in [5.41, 5.74) is -0.912. The summed E-state index contributed by atoms with van der Waals surface area (Å²) in [4.78, 5) is 23.4. The van der Waals surface area contributed by atoms with E-state index in [0.717, 1.165) is 0 Å². The smallest absolute Gasteiger partial charge is 0.325 e. The molecular weight excluding hydrogens is 320 g/mol. The maximum absolute atomic E-state index is 11.7. The van der Waals surface area contributed by atoms with E-state index in [-0.39, 0.29) is 12.5 Å². The third-order valence-electron chi connectivity index (χ3n) is 2.97. The monoisotopic (exact) mass is 342 g/mol. The van der Waals surface area contributed by atoms with Crippen molar-refractivity contribution in [3.63, 3.8) is 0 Å².